The first-order chi connectivity index (χ1) is 14.4. The topological polar surface area (TPSA) is 35.9 Å². The smallest absolute Gasteiger partial charge is 0.129 e. The summed E-state index contributed by atoms with van der Waals surface area (Å²) >= 11 is 0. The van der Waals surface area contributed by atoms with Crippen molar-refractivity contribution < 1.29 is 14.2 Å². The van der Waals surface area contributed by atoms with Crippen LogP contribution in [-0.2, 0) is 9.47 Å². The van der Waals surface area contributed by atoms with Crippen molar-refractivity contribution in [3.05, 3.63) is 30.5 Å². The zero-order valence-corrected chi connectivity index (χ0v) is 17.4. The summed E-state index contributed by atoms with van der Waals surface area (Å²) in [6.45, 7) is 6.40. The van der Waals surface area contributed by atoms with Crippen molar-refractivity contribution >= 4 is 10.9 Å². The molecule has 2 saturated heterocycles. The van der Waals surface area contributed by atoms with Crippen molar-refractivity contribution in [3.8, 4) is 5.75 Å². The molecule has 1 aliphatic carbocycles. The summed E-state index contributed by atoms with van der Waals surface area (Å²) in [7, 11) is 0. The van der Waals surface area contributed by atoms with Crippen LogP contribution in [0, 0.1) is 5.92 Å². The van der Waals surface area contributed by atoms with E-state index in [1.807, 2.05) is 0 Å². The van der Waals surface area contributed by atoms with Crippen molar-refractivity contribution in [1.29, 1.82) is 0 Å². The third-order valence-corrected chi connectivity index (χ3v) is 6.86. The highest BCUT2D eigenvalue weighted by atomic mass is 16.5. The van der Waals surface area contributed by atoms with Crippen molar-refractivity contribution in [1.82, 2.24) is 9.47 Å². The number of nitrogens with zero attached hydrogens (tertiary/aromatic N) is 2. The fraction of sp³-hybridized carbons (Fsp3) is 0.667. The highest BCUT2D eigenvalue weighted by molar-refractivity contribution is 5.86. The van der Waals surface area contributed by atoms with E-state index in [0.29, 0.717) is 18.1 Å². The summed E-state index contributed by atoms with van der Waals surface area (Å²) in [4.78, 5) is 2.56. The molecule has 5 heteroatoms. The van der Waals surface area contributed by atoms with Gasteiger partial charge in [-0.2, -0.15) is 0 Å². The Bertz CT molecular complexity index is 783. The largest absolute Gasteiger partial charge is 0.490 e. The average molecular weight is 399 g/mol. The Morgan fingerprint density at radius 3 is 2.45 bits per heavy atom. The Kier molecular flexibility index (Phi) is 6.07. The molecule has 1 aromatic heterocycles. The zero-order chi connectivity index (χ0) is 19.5. The van der Waals surface area contributed by atoms with E-state index in [0.717, 1.165) is 64.7 Å². The fourth-order valence-corrected chi connectivity index (χ4v) is 5.29. The van der Waals surface area contributed by atoms with Gasteiger partial charge in [0, 0.05) is 43.2 Å². The average Bonchev–Trinajstić information content (AvgIpc) is 3.35. The number of hydrogen-bond acceptors (Lipinski definition) is 4. The van der Waals surface area contributed by atoms with E-state index in [-0.39, 0.29) is 0 Å². The maximum atomic E-state index is 6.51. The summed E-state index contributed by atoms with van der Waals surface area (Å²) in [5.41, 5.74) is 1.33. The quantitative estimate of drug-likeness (QED) is 0.754. The van der Waals surface area contributed by atoms with Gasteiger partial charge in [0.1, 0.15) is 11.9 Å². The Balaban J connectivity index is 1.19. The second-order valence-electron chi connectivity index (χ2n) is 8.98. The summed E-state index contributed by atoms with van der Waals surface area (Å²) in [6.07, 6.45) is 10.1. The number of ether oxygens (including phenoxy) is 3. The van der Waals surface area contributed by atoms with Gasteiger partial charge in [-0.15, -0.1) is 0 Å². The molecule has 3 heterocycles. The van der Waals surface area contributed by atoms with Crippen LogP contribution in [0.4, 0.5) is 0 Å². The van der Waals surface area contributed by atoms with Gasteiger partial charge in [0.25, 0.3) is 0 Å². The Labute approximate surface area is 173 Å². The molecule has 0 atom stereocenters. The molecule has 5 rings (SSSR count). The third-order valence-electron chi connectivity index (χ3n) is 6.86. The van der Waals surface area contributed by atoms with Crippen LogP contribution >= 0.6 is 0 Å². The predicted octanol–water partition coefficient (Wildman–Crippen LogP) is 4.26. The summed E-state index contributed by atoms with van der Waals surface area (Å²) in [6, 6.07) is 9.48. The molecule has 29 heavy (non-hydrogen) atoms. The van der Waals surface area contributed by atoms with Crippen LogP contribution in [0.5, 0.6) is 5.75 Å². The molecule has 5 nitrogen and oxygen atoms in total. The lowest BCUT2D eigenvalue weighted by Gasteiger charge is -2.34. The van der Waals surface area contributed by atoms with Crippen LogP contribution < -0.4 is 4.74 Å². The van der Waals surface area contributed by atoms with Gasteiger partial charge < -0.3 is 23.7 Å². The van der Waals surface area contributed by atoms with E-state index in [1.165, 1.54) is 36.6 Å². The number of benzene rings is 1. The normalized spacial score (nSPS) is 23.6. The van der Waals surface area contributed by atoms with Gasteiger partial charge >= 0.3 is 0 Å². The Hall–Kier alpha value is -1.56. The minimum Gasteiger partial charge on any atom is -0.490 e. The second kappa shape index (κ2) is 9.07. The maximum Gasteiger partial charge on any atom is 0.129 e. The number of hydrogen-bond donors (Lipinski definition) is 0. The number of fused-ring (bicyclic) bond motifs is 1. The minimum atomic E-state index is 0.313. The Morgan fingerprint density at radius 1 is 0.931 bits per heavy atom. The van der Waals surface area contributed by atoms with Gasteiger partial charge in [-0.3, -0.25) is 0 Å². The number of aromatic nitrogens is 1. The summed E-state index contributed by atoms with van der Waals surface area (Å²) in [5, 5.41) is 1.27. The molecule has 0 spiro atoms. The van der Waals surface area contributed by atoms with Crippen LogP contribution in [-0.4, -0.2) is 61.6 Å². The van der Waals surface area contributed by atoms with Gasteiger partial charge in [0.15, 0.2) is 0 Å². The molecule has 2 aliphatic heterocycles. The van der Waals surface area contributed by atoms with E-state index in [4.69, 9.17) is 14.2 Å². The molecule has 3 fully saturated rings. The van der Waals surface area contributed by atoms with Crippen molar-refractivity contribution in [3.63, 3.8) is 0 Å². The molecule has 0 radical (unpaired) electrons. The molecule has 0 amide bonds. The number of likely N-dealkylation sites (tertiary alicyclic amines) is 1. The lowest BCUT2D eigenvalue weighted by atomic mass is 10.0. The zero-order valence-electron chi connectivity index (χ0n) is 17.4. The first-order valence-electron chi connectivity index (χ1n) is 11.5. The summed E-state index contributed by atoms with van der Waals surface area (Å²) in [5.74, 6) is 1.56. The third kappa shape index (κ3) is 4.47. The van der Waals surface area contributed by atoms with E-state index >= 15 is 0 Å². The molecule has 158 valence electrons. The van der Waals surface area contributed by atoms with Crippen molar-refractivity contribution in [2.24, 2.45) is 5.92 Å². The molecule has 2 aromatic rings. The summed E-state index contributed by atoms with van der Waals surface area (Å²) < 4.78 is 20.3. The second-order valence-corrected chi connectivity index (χ2v) is 8.98. The van der Waals surface area contributed by atoms with Crippen LogP contribution in [0.25, 0.3) is 10.9 Å². The molecule has 0 bridgehead atoms. The first-order valence-corrected chi connectivity index (χ1v) is 11.5. The van der Waals surface area contributed by atoms with Crippen LogP contribution in [0.3, 0.4) is 0 Å². The van der Waals surface area contributed by atoms with E-state index < -0.39 is 0 Å². The van der Waals surface area contributed by atoms with Crippen LogP contribution in [0.1, 0.15) is 44.6 Å². The predicted molar refractivity (Wildman–Crippen MR) is 115 cm³/mol. The standard InChI is InChI=1S/C24H34N2O3/c1-2-5-20(4-1)26-13-10-22-23(26)6-3-7-24(22)29-21-8-11-25(12-9-21)16-19-17-27-14-15-28-18-19/h3,6-7,10,13,19-21H,1-2,4-5,8-9,11-12,14-18H2. The molecular weight excluding hydrogens is 364 g/mol. The molecule has 3 aliphatic rings. The van der Waals surface area contributed by atoms with Gasteiger partial charge in [0.05, 0.1) is 31.9 Å². The SMILES string of the molecule is c1cc(OC2CCN(CC3COCCOC3)CC2)c2ccn(C3CCCC3)c2c1. The molecular formula is C24H34N2O3. The van der Waals surface area contributed by atoms with Crippen molar-refractivity contribution in [2.75, 3.05) is 46.1 Å². The number of rotatable bonds is 5. The van der Waals surface area contributed by atoms with Gasteiger partial charge in [-0.1, -0.05) is 18.9 Å². The van der Waals surface area contributed by atoms with Gasteiger partial charge in [-0.25, -0.2) is 0 Å². The maximum absolute atomic E-state index is 6.51. The van der Waals surface area contributed by atoms with Gasteiger partial charge in [0.2, 0.25) is 0 Å². The van der Waals surface area contributed by atoms with Crippen molar-refractivity contribution in [2.45, 2.75) is 50.7 Å². The number of piperidine rings is 1. The molecule has 0 N–H and O–H groups in total. The fourth-order valence-electron chi connectivity index (χ4n) is 5.29. The molecule has 0 unspecified atom stereocenters. The molecule has 1 saturated carbocycles. The highest BCUT2D eigenvalue weighted by Crippen LogP contribution is 2.36. The monoisotopic (exact) mass is 398 g/mol. The van der Waals surface area contributed by atoms with Crippen LogP contribution in [0.15, 0.2) is 30.5 Å². The van der Waals surface area contributed by atoms with Crippen LogP contribution in [0.2, 0.25) is 0 Å². The lowest BCUT2D eigenvalue weighted by Crippen LogP contribution is -2.42. The molecule has 1 aromatic carbocycles. The Morgan fingerprint density at radius 2 is 1.69 bits per heavy atom. The van der Waals surface area contributed by atoms with E-state index in [1.54, 1.807) is 0 Å². The highest BCUT2D eigenvalue weighted by Gasteiger charge is 2.25. The lowest BCUT2D eigenvalue weighted by molar-refractivity contribution is 0.0642. The minimum absolute atomic E-state index is 0.313. The van der Waals surface area contributed by atoms with E-state index in [9.17, 15) is 0 Å². The first kappa shape index (κ1) is 19.4. The van der Waals surface area contributed by atoms with Gasteiger partial charge in [-0.05, 0) is 43.9 Å². The van der Waals surface area contributed by atoms with E-state index in [2.05, 4.69) is 39.9 Å².